The van der Waals surface area contributed by atoms with Crippen molar-refractivity contribution in [2.75, 3.05) is 30.3 Å². The second-order valence-electron chi connectivity index (χ2n) is 9.78. The van der Waals surface area contributed by atoms with Crippen molar-refractivity contribution in [3.05, 3.63) is 42.5 Å². The summed E-state index contributed by atoms with van der Waals surface area (Å²) in [6, 6.07) is 6.96. The van der Waals surface area contributed by atoms with Gasteiger partial charge in [0.15, 0.2) is 0 Å². The Morgan fingerprint density at radius 2 is 2.00 bits per heavy atom. The number of nitrogens with one attached hydrogen (secondary N) is 3. The summed E-state index contributed by atoms with van der Waals surface area (Å²) < 4.78 is 0. The minimum Gasteiger partial charge on any atom is -0.366 e. The molecule has 1 atom stereocenters. The van der Waals surface area contributed by atoms with Crippen LogP contribution in [0.25, 0.3) is 16.5 Å². The Bertz CT molecular complexity index is 971. The SMILES string of the molecule is C=CC[C@@H](Nc1nc(NCC2CCCCC2)nc2c(C3=CCNCC3)cccc12)C1CC1. The number of para-hydroxylation sites is 1. The fourth-order valence-electron chi connectivity index (χ4n) is 5.32. The van der Waals surface area contributed by atoms with Gasteiger partial charge in [-0.1, -0.05) is 43.5 Å². The summed E-state index contributed by atoms with van der Waals surface area (Å²) >= 11 is 0. The third-order valence-electron chi connectivity index (χ3n) is 7.34. The van der Waals surface area contributed by atoms with Crippen molar-refractivity contribution in [1.29, 1.82) is 0 Å². The first-order valence-corrected chi connectivity index (χ1v) is 12.6. The van der Waals surface area contributed by atoms with Crippen LogP contribution in [0.5, 0.6) is 0 Å². The summed E-state index contributed by atoms with van der Waals surface area (Å²) in [7, 11) is 0. The molecule has 0 unspecified atom stereocenters. The predicted molar refractivity (Wildman–Crippen MR) is 135 cm³/mol. The van der Waals surface area contributed by atoms with Crippen LogP contribution >= 0.6 is 0 Å². The number of hydrogen-bond donors (Lipinski definition) is 3. The zero-order valence-electron chi connectivity index (χ0n) is 19.2. The van der Waals surface area contributed by atoms with Crippen molar-refractivity contribution in [3.8, 4) is 0 Å². The molecular formula is C27H37N5. The minimum atomic E-state index is 0.401. The van der Waals surface area contributed by atoms with E-state index in [0.717, 1.165) is 67.0 Å². The van der Waals surface area contributed by atoms with Gasteiger partial charge in [0.1, 0.15) is 5.82 Å². The number of aromatic nitrogens is 2. The Balaban J connectivity index is 1.50. The van der Waals surface area contributed by atoms with Gasteiger partial charge >= 0.3 is 0 Å². The first-order valence-electron chi connectivity index (χ1n) is 12.6. The topological polar surface area (TPSA) is 61.9 Å². The van der Waals surface area contributed by atoms with Gasteiger partial charge in [-0.15, -0.1) is 6.58 Å². The Morgan fingerprint density at radius 1 is 1.12 bits per heavy atom. The average molecular weight is 432 g/mol. The smallest absolute Gasteiger partial charge is 0.225 e. The highest BCUT2D eigenvalue weighted by Crippen LogP contribution is 2.37. The number of fused-ring (bicyclic) bond motifs is 1. The van der Waals surface area contributed by atoms with Crippen molar-refractivity contribution in [2.45, 2.75) is 63.8 Å². The van der Waals surface area contributed by atoms with Crippen LogP contribution in [-0.4, -0.2) is 35.6 Å². The molecule has 2 aliphatic carbocycles. The van der Waals surface area contributed by atoms with Gasteiger partial charge in [-0.2, -0.15) is 4.98 Å². The molecule has 5 nitrogen and oxygen atoms in total. The molecule has 0 bridgehead atoms. The summed E-state index contributed by atoms with van der Waals surface area (Å²) in [5, 5.41) is 12.0. The summed E-state index contributed by atoms with van der Waals surface area (Å²) in [5.41, 5.74) is 3.71. The molecule has 2 saturated carbocycles. The van der Waals surface area contributed by atoms with E-state index in [2.05, 4.69) is 46.8 Å². The van der Waals surface area contributed by atoms with E-state index in [4.69, 9.17) is 9.97 Å². The fourth-order valence-corrected chi connectivity index (χ4v) is 5.32. The zero-order valence-corrected chi connectivity index (χ0v) is 19.2. The van der Waals surface area contributed by atoms with Gasteiger partial charge in [-0.3, -0.25) is 0 Å². The summed E-state index contributed by atoms with van der Waals surface area (Å²) in [6.07, 6.45) is 15.7. The van der Waals surface area contributed by atoms with Crippen LogP contribution in [0, 0.1) is 11.8 Å². The summed E-state index contributed by atoms with van der Waals surface area (Å²) in [6.45, 7) is 6.91. The molecule has 3 aliphatic rings. The van der Waals surface area contributed by atoms with E-state index in [9.17, 15) is 0 Å². The lowest BCUT2D eigenvalue weighted by atomic mass is 9.89. The molecule has 0 saturated heterocycles. The van der Waals surface area contributed by atoms with Crippen molar-refractivity contribution in [3.63, 3.8) is 0 Å². The third kappa shape index (κ3) is 4.98. The van der Waals surface area contributed by atoms with E-state index >= 15 is 0 Å². The first kappa shape index (κ1) is 21.4. The van der Waals surface area contributed by atoms with E-state index in [0.29, 0.717) is 6.04 Å². The van der Waals surface area contributed by atoms with Crippen molar-refractivity contribution >= 4 is 28.2 Å². The van der Waals surface area contributed by atoms with Crippen LogP contribution in [0.1, 0.15) is 63.4 Å². The molecule has 5 rings (SSSR count). The van der Waals surface area contributed by atoms with Gasteiger partial charge in [-0.25, -0.2) is 4.98 Å². The number of nitrogens with zero attached hydrogens (tertiary/aromatic N) is 2. The number of benzene rings is 1. The molecular weight excluding hydrogens is 394 g/mol. The summed E-state index contributed by atoms with van der Waals surface area (Å²) in [4.78, 5) is 10.1. The number of anilines is 2. The molecule has 2 fully saturated rings. The maximum atomic E-state index is 5.07. The van der Waals surface area contributed by atoms with E-state index in [1.165, 1.54) is 56.1 Å². The highest BCUT2D eigenvalue weighted by molar-refractivity contribution is 5.97. The van der Waals surface area contributed by atoms with E-state index in [1.54, 1.807) is 0 Å². The molecule has 3 N–H and O–H groups in total. The predicted octanol–water partition coefficient (Wildman–Crippen LogP) is 5.77. The highest BCUT2D eigenvalue weighted by Gasteiger charge is 2.31. The summed E-state index contributed by atoms with van der Waals surface area (Å²) in [5.74, 6) is 3.20. The molecule has 0 amide bonds. The van der Waals surface area contributed by atoms with E-state index in [-0.39, 0.29) is 0 Å². The van der Waals surface area contributed by atoms with Crippen molar-refractivity contribution in [1.82, 2.24) is 15.3 Å². The fraction of sp³-hybridized carbons (Fsp3) is 0.556. The minimum absolute atomic E-state index is 0.401. The molecule has 0 spiro atoms. The van der Waals surface area contributed by atoms with Crippen LogP contribution in [0.3, 0.4) is 0 Å². The molecule has 1 aromatic carbocycles. The largest absolute Gasteiger partial charge is 0.366 e. The Hall–Kier alpha value is -2.40. The van der Waals surface area contributed by atoms with Gasteiger partial charge in [0, 0.05) is 30.1 Å². The average Bonchev–Trinajstić information content (AvgIpc) is 3.69. The van der Waals surface area contributed by atoms with Crippen LogP contribution in [0.2, 0.25) is 0 Å². The van der Waals surface area contributed by atoms with Crippen molar-refractivity contribution < 1.29 is 0 Å². The molecule has 5 heteroatoms. The Kier molecular flexibility index (Phi) is 6.72. The van der Waals surface area contributed by atoms with Crippen LogP contribution in [-0.2, 0) is 0 Å². The number of rotatable bonds is 9. The normalized spacial score (nSPS) is 20.6. The number of hydrogen-bond acceptors (Lipinski definition) is 5. The van der Waals surface area contributed by atoms with Gasteiger partial charge in [0.2, 0.25) is 5.95 Å². The lowest BCUT2D eigenvalue weighted by molar-refractivity contribution is 0.373. The third-order valence-corrected chi connectivity index (χ3v) is 7.34. The molecule has 0 radical (unpaired) electrons. The first-order chi connectivity index (χ1) is 15.8. The van der Waals surface area contributed by atoms with Crippen LogP contribution < -0.4 is 16.0 Å². The highest BCUT2D eigenvalue weighted by atomic mass is 15.2. The second kappa shape index (κ2) is 10.0. The Morgan fingerprint density at radius 3 is 2.75 bits per heavy atom. The molecule has 2 heterocycles. The molecule has 2 aromatic rings. The van der Waals surface area contributed by atoms with E-state index < -0.39 is 0 Å². The molecule has 170 valence electrons. The Labute approximate surface area is 192 Å². The van der Waals surface area contributed by atoms with Crippen molar-refractivity contribution in [2.24, 2.45) is 11.8 Å². The van der Waals surface area contributed by atoms with Gasteiger partial charge < -0.3 is 16.0 Å². The second-order valence-corrected chi connectivity index (χ2v) is 9.78. The zero-order chi connectivity index (χ0) is 21.8. The molecule has 32 heavy (non-hydrogen) atoms. The lowest BCUT2D eigenvalue weighted by Gasteiger charge is -2.23. The van der Waals surface area contributed by atoms with Crippen LogP contribution in [0.4, 0.5) is 11.8 Å². The monoisotopic (exact) mass is 431 g/mol. The van der Waals surface area contributed by atoms with Crippen LogP contribution in [0.15, 0.2) is 36.9 Å². The molecule has 1 aliphatic heterocycles. The maximum absolute atomic E-state index is 5.07. The van der Waals surface area contributed by atoms with E-state index in [1.807, 2.05) is 6.08 Å². The lowest BCUT2D eigenvalue weighted by Crippen LogP contribution is -2.23. The quantitative estimate of drug-likeness (QED) is 0.440. The standard InChI is InChI=1S/C27H37N5/c1-2-7-24(21-12-13-21)30-26-23-11-6-10-22(20-14-16-28-17-15-20)25(23)31-27(32-26)29-18-19-8-4-3-5-9-19/h2,6,10-11,14,19,21,24,28H,1,3-5,7-9,12-13,15-18H2,(H2,29,30,31,32)/t24-/m1/s1. The van der Waals surface area contributed by atoms with Gasteiger partial charge in [0.25, 0.3) is 0 Å². The maximum Gasteiger partial charge on any atom is 0.225 e. The van der Waals surface area contributed by atoms with Gasteiger partial charge in [0.05, 0.1) is 5.52 Å². The molecule has 1 aromatic heterocycles. The van der Waals surface area contributed by atoms with Gasteiger partial charge in [-0.05, 0) is 68.5 Å².